The molecule has 1 saturated carbocycles. The molecule has 156 valence electrons. The number of rotatable bonds is 8. The standard InChI is InChI=1S/C22H33NO4S/c1-3-26-22-17(11-7-13-24)18(20-12-8-14-28-20)15-19(27-22)21(25)23(2)16-9-5-4-6-10-16/h8,12,14-18,22,24H,3-7,9-11,13H2,1-2H3/t17-,18-,22+/m1/s1. The number of likely N-dealkylation sites (N-methyl/N-ethyl adjacent to an activating group) is 1. The third-order valence-electron chi connectivity index (χ3n) is 5.94. The van der Waals surface area contributed by atoms with E-state index in [2.05, 4.69) is 11.4 Å². The minimum atomic E-state index is -0.465. The van der Waals surface area contributed by atoms with E-state index in [4.69, 9.17) is 9.47 Å². The maximum absolute atomic E-state index is 13.2. The largest absolute Gasteiger partial charge is 0.459 e. The highest BCUT2D eigenvalue weighted by molar-refractivity contribution is 7.10. The predicted octanol–water partition coefficient (Wildman–Crippen LogP) is 4.29. The van der Waals surface area contributed by atoms with E-state index >= 15 is 0 Å². The van der Waals surface area contributed by atoms with Crippen LogP contribution >= 0.6 is 11.3 Å². The van der Waals surface area contributed by atoms with Crippen molar-refractivity contribution in [3.05, 3.63) is 34.2 Å². The van der Waals surface area contributed by atoms with Gasteiger partial charge in [-0.3, -0.25) is 4.79 Å². The Balaban J connectivity index is 1.85. The van der Waals surface area contributed by atoms with Crippen LogP contribution in [0.15, 0.2) is 29.3 Å². The van der Waals surface area contributed by atoms with Gasteiger partial charge in [0.2, 0.25) is 6.29 Å². The number of aliphatic hydroxyl groups excluding tert-OH is 1. The van der Waals surface area contributed by atoms with Crippen molar-refractivity contribution >= 4 is 17.2 Å². The molecule has 2 heterocycles. The number of carbonyl (C=O) groups is 1. The van der Waals surface area contributed by atoms with E-state index in [0.29, 0.717) is 24.8 Å². The number of amides is 1. The maximum atomic E-state index is 13.2. The molecule has 0 unspecified atom stereocenters. The van der Waals surface area contributed by atoms with Gasteiger partial charge in [-0.1, -0.05) is 25.3 Å². The van der Waals surface area contributed by atoms with Gasteiger partial charge in [0.25, 0.3) is 5.91 Å². The average Bonchev–Trinajstić information content (AvgIpc) is 3.27. The highest BCUT2D eigenvalue weighted by atomic mass is 32.1. The molecule has 1 aromatic heterocycles. The van der Waals surface area contributed by atoms with E-state index in [1.165, 1.54) is 24.1 Å². The molecule has 1 amide bonds. The number of carbonyl (C=O) groups excluding carboxylic acids is 1. The molecule has 28 heavy (non-hydrogen) atoms. The van der Waals surface area contributed by atoms with Crippen LogP contribution in [0.3, 0.4) is 0 Å². The van der Waals surface area contributed by atoms with Crippen molar-refractivity contribution < 1.29 is 19.4 Å². The fourth-order valence-corrected chi connectivity index (χ4v) is 5.25. The molecule has 1 aliphatic heterocycles. The van der Waals surface area contributed by atoms with Crippen LogP contribution in [-0.4, -0.2) is 48.5 Å². The summed E-state index contributed by atoms with van der Waals surface area (Å²) in [4.78, 5) is 16.3. The Morgan fingerprint density at radius 1 is 1.36 bits per heavy atom. The van der Waals surface area contributed by atoms with Crippen molar-refractivity contribution in [2.75, 3.05) is 20.3 Å². The van der Waals surface area contributed by atoms with Crippen molar-refractivity contribution in [3.8, 4) is 0 Å². The Kier molecular flexibility index (Phi) is 7.94. The van der Waals surface area contributed by atoms with Crippen LogP contribution in [0, 0.1) is 5.92 Å². The first-order valence-corrected chi connectivity index (χ1v) is 11.4. The lowest BCUT2D eigenvalue weighted by Crippen LogP contribution is -2.43. The molecule has 2 aliphatic rings. The summed E-state index contributed by atoms with van der Waals surface area (Å²) in [6.45, 7) is 2.62. The first-order chi connectivity index (χ1) is 13.7. The van der Waals surface area contributed by atoms with Gasteiger partial charge in [-0.15, -0.1) is 11.3 Å². The molecule has 0 aromatic carbocycles. The Morgan fingerprint density at radius 2 is 2.14 bits per heavy atom. The molecular weight excluding hydrogens is 374 g/mol. The van der Waals surface area contributed by atoms with Gasteiger partial charge < -0.3 is 19.5 Å². The molecule has 1 aromatic rings. The van der Waals surface area contributed by atoms with E-state index in [1.54, 1.807) is 11.3 Å². The lowest BCUT2D eigenvalue weighted by molar-refractivity contribution is -0.170. The monoisotopic (exact) mass is 407 g/mol. The van der Waals surface area contributed by atoms with Crippen LogP contribution in [-0.2, 0) is 14.3 Å². The Hall–Kier alpha value is -1.37. The molecule has 0 bridgehead atoms. The fraction of sp³-hybridized carbons (Fsp3) is 0.682. The molecule has 0 radical (unpaired) electrons. The predicted molar refractivity (Wildman–Crippen MR) is 111 cm³/mol. The molecule has 0 saturated heterocycles. The summed E-state index contributed by atoms with van der Waals surface area (Å²) in [6, 6.07) is 4.44. The van der Waals surface area contributed by atoms with Crippen molar-refractivity contribution in [1.82, 2.24) is 4.90 Å². The SMILES string of the molecule is CCO[C@H]1OC(C(=O)N(C)C2CCCCC2)=C[C@@H](c2cccs2)[C@H]1CCCO. The van der Waals surface area contributed by atoms with Gasteiger partial charge in [0.1, 0.15) is 0 Å². The zero-order valence-electron chi connectivity index (χ0n) is 17.0. The third kappa shape index (κ3) is 4.97. The van der Waals surface area contributed by atoms with Gasteiger partial charge in [0.15, 0.2) is 5.76 Å². The lowest BCUT2D eigenvalue weighted by Gasteiger charge is -2.38. The van der Waals surface area contributed by atoms with Gasteiger partial charge in [0, 0.05) is 43.0 Å². The van der Waals surface area contributed by atoms with Crippen LogP contribution < -0.4 is 0 Å². The summed E-state index contributed by atoms with van der Waals surface area (Å²) in [6.07, 6.45) is 8.78. The summed E-state index contributed by atoms with van der Waals surface area (Å²) in [7, 11) is 1.90. The number of allylic oxidation sites excluding steroid dienone is 1. The maximum Gasteiger partial charge on any atom is 0.288 e. The Bertz CT molecular complexity index is 639. The van der Waals surface area contributed by atoms with E-state index in [1.807, 2.05) is 31.0 Å². The van der Waals surface area contributed by atoms with Gasteiger partial charge in [0.05, 0.1) is 0 Å². The number of nitrogens with zero attached hydrogens (tertiary/aromatic N) is 1. The molecule has 3 atom stereocenters. The average molecular weight is 408 g/mol. The Labute approximate surface area is 172 Å². The van der Waals surface area contributed by atoms with Crippen LogP contribution in [0.5, 0.6) is 0 Å². The summed E-state index contributed by atoms with van der Waals surface area (Å²) < 4.78 is 12.0. The van der Waals surface area contributed by atoms with Crippen LogP contribution in [0.4, 0.5) is 0 Å². The number of aliphatic hydroxyl groups is 1. The number of hydrogen-bond acceptors (Lipinski definition) is 5. The van der Waals surface area contributed by atoms with Crippen LogP contribution in [0.25, 0.3) is 0 Å². The molecule has 5 nitrogen and oxygen atoms in total. The van der Waals surface area contributed by atoms with Gasteiger partial charge in [-0.2, -0.15) is 0 Å². The van der Waals surface area contributed by atoms with E-state index in [9.17, 15) is 9.90 Å². The first-order valence-electron chi connectivity index (χ1n) is 10.6. The van der Waals surface area contributed by atoms with Crippen LogP contribution in [0.2, 0.25) is 0 Å². The highest BCUT2D eigenvalue weighted by Crippen LogP contribution is 2.41. The van der Waals surface area contributed by atoms with Crippen molar-refractivity contribution in [1.29, 1.82) is 0 Å². The number of thiophene rings is 1. The third-order valence-corrected chi connectivity index (χ3v) is 6.91. The second-order valence-corrected chi connectivity index (χ2v) is 8.73. The molecule has 3 rings (SSSR count). The fourth-order valence-electron chi connectivity index (χ4n) is 4.38. The smallest absolute Gasteiger partial charge is 0.288 e. The van der Waals surface area contributed by atoms with Crippen molar-refractivity contribution in [2.24, 2.45) is 5.92 Å². The van der Waals surface area contributed by atoms with Crippen molar-refractivity contribution in [3.63, 3.8) is 0 Å². The van der Waals surface area contributed by atoms with Crippen LogP contribution in [0.1, 0.15) is 62.7 Å². The summed E-state index contributed by atoms with van der Waals surface area (Å²) in [5, 5.41) is 11.4. The number of ether oxygens (including phenoxy) is 2. The van der Waals surface area contributed by atoms with E-state index in [-0.39, 0.29) is 24.3 Å². The highest BCUT2D eigenvalue weighted by Gasteiger charge is 2.39. The zero-order valence-corrected chi connectivity index (χ0v) is 17.8. The van der Waals surface area contributed by atoms with E-state index in [0.717, 1.165) is 19.3 Å². The number of hydrogen-bond donors (Lipinski definition) is 1. The summed E-state index contributed by atoms with van der Waals surface area (Å²) >= 11 is 1.69. The molecule has 1 fully saturated rings. The Morgan fingerprint density at radius 3 is 2.79 bits per heavy atom. The molecule has 1 N–H and O–H groups in total. The summed E-state index contributed by atoms with van der Waals surface area (Å²) in [5.74, 6) is 0.516. The van der Waals surface area contributed by atoms with Gasteiger partial charge >= 0.3 is 0 Å². The molecule has 6 heteroatoms. The van der Waals surface area contributed by atoms with Crippen molar-refractivity contribution in [2.45, 2.75) is 70.1 Å². The molecule has 0 spiro atoms. The van der Waals surface area contributed by atoms with Gasteiger partial charge in [-0.05, 0) is 50.1 Å². The van der Waals surface area contributed by atoms with Gasteiger partial charge in [-0.25, -0.2) is 0 Å². The quantitative estimate of drug-likeness (QED) is 0.698. The summed E-state index contributed by atoms with van der Waals surface area (Å²) in [5.41, 5.74) is 0. The second kappa shape index (κ2) is 10.4. The molecular formula is C22H33NO4S. The topological polar surface area (TPSA) is 59.0 Å². The minimum absolute atomic E-state index is 0.0428. The lowest BCUT2D eigenvalue weighted by atomic mass is 9.84. The van der Waals surface area contributed by atoms with E-state index < -0.39 is 6.29 Å². The normalized spacial score (nSPS) is 25.8. The first kappa shape index (κ1) is 21.3. The minimum Gasteiger partial charge on any atom is -0.459 e. The molecule has 1 aliphatic carbocycles. The second-order valence-electron chi connectivity index (χ2n) is 7.75. The zero-order chi connectivity index (χ0) is 19.9.